The highest BCUT2D eigenvalue weighted by Crippen LogP contribution is 2.36. The van der Waals surface area contributed by atoms with Crippen molar-refractivity contribution in [2.45, 2.75) is 57.7 Å². The number of aliphatic hydroxyl groups is 1. The van der Waals surface area contributed by atoms with E-state index in [1.54, 1.807) is 0 Å². The molecule has 1 aliphatic carbocycles. The molecule has 0 bridgehead atoms. The third kappa shape index (κ3) is 1.96. The summed E-state index contributed by atoms with van der Waals surface area (Å²) >= 11 is 0. The Bertz CT molecular complexity index is 175. The molecular weight excluding hydrogens is 176 g/mol. The molecule has 82 valence electrons. The van der Waals surface area contributed by atoms with Crippen LogP contribution in [-0.2, 0) is 4.74 Å². The molecule has 0 amide bonds. The van der Waals surface area contributed by atoms with Gasteiger partial charge >= 0.3 is 0 Å². The summed E-state index contributed by atoms with van der Waals surface area (Å²) in [5.41, 5.74) is 0. The van der Waals surface area contributed by atoms with Crippen molar-refractivity contribution < 1.29 is 9.84 Å². The second-order valence-corrected chi connectivity index (χ2v) is 4.81. The third-order valence-electron chi connectivity index (χ3n) is 3.98. The van der Waals surface area contributed by atoms with Crippen LogP contribution in [0, 0.1) is 11.8 Å². The van der Waals surface area contributed by atoms with Gasteiger partial charge in [-0.05, 0) is 31.6 Å². The summed E-state index contributed by atoms with van der Waals surface area (Å²) in [7, 11) is 0. The summed E-state index contributed by atoms with van der Waals surface area (Å²) in [4.78, 5) is 0. The number of hydrogen-bond donors (Lipinski definition) is 1. The van der Waals surface area contributed by atoms with Crippen LogP contribution in [0.5, 0.6) is 0 Å². The molecule has 1 aliphatic heterocycles. The molecule has 3 atom stereocenters. The molecule has 2 heteroatoms. The molecule has 2 nitrogen and oxygen atoms in total. The minimum atomic E-state index is -0.0926. The smallest absolute Gasteiger partial charge is 0.0626 e. The van der Waals surface area contributed by atoms with E-state index < -0.39 is 0 Å². The Kier molecular flexibility index (Phi) is 3.45. The van der Waals surface area contributed by atoms with Crippen LogP contribution in [0.25, 0.3) is 0 Å². The highest BCUT2D eigenvalue weighted by molar-refractivity contribution is 4.86. The van der Waals surface area contributed by atoms with E-state index in [1.165, 1.54) is 25.7 Å². The molecule has 2 aliphatic rings. The van der Waals surface area contributed by atoms with Crippen molar-refractivity contribution in [2.24, 2.45) is 11.8 Å². The van der Waals surface area contributed by atoms with Gasteiger partial charge in [-0.1, -0.05) is 19.8 Å². The molecule has 1 saturated heterocycles. The highest BCUT2D eigenvalue weighted by atomic mass is 16.5. The van der Waals surface area contributed by atoms with Gasteiger partial charge in [0, 0.05) is 12.5 Å². The van der Waals surface area contributed by atoms with E-state index in [0.29, 0.717) is 17.9 Å². The van der Waals surface area contributed by atoms with Gasteiger partial charge in [-0.3, -0.25) is 0 Å². The maximum atomic E-state index is 10.3. The standard InChI is InChI=1S/C12H22O2/c1-2-11-10(7-8-14-11)12(13)9-5-3-4-6-9/h9-13H,2-8H2,1H3. The Balaban J connectivity index is 1.92. The molecule has 1 heterocycles. The summed E-state index contributed by atoms with van der Waals surface area (Å²) < 4.78 is 5.64. The van der Waals surface area contributed by atoms with Crippen LogP contribution in [0.4, 0.5) is 0 Å². The van der Waals surface area contributed by atoms with Crippen molar-refractivity contribution in [1.82, 2.24) is 0 Å². The van der Waals surface area contributed by atoms with Crippen LogP contribution in [0.15, 0.2) is 0 Å². The Hall–Kier alpha value is -0.0800. The first kappa shape index (κ1) is 10.4. The topological polar surface area (TPSA) is 29.5 Å². The summed E-state index contributed by atoms with van der Waals surface area (Å²) in [5, 5.41) is 10.3. The molecule has 1 saturated carbocycles. The first-order valence-electron chi connectivity index (χ1n) is 6.12. The van der Waals surface area contributed by atoms with Crippen LogP contribution in [-0.4, -0.2) is 23.9 Å². The fourth-order valence-electron chi connectivity index (χ4n) is 3.12. The third-order valence-corrected chi connectivity index (χ3v) is 3.98. The van der Waals surface area contributed by atoms with E-state index in [0.717, 1.165) is 19.4 Å². The molecule has 2 rings (SSSR count). The van der Waals surface area contributed by atoms with E-state index in [2.05, 4.69) is 6.92 Å². The molecule has 0 aromatic rings. The minimum absolute atomic E-state index is 0.0926. The largest absolute Gasteiger partial charge is 0.392 e. The zero-order valence-electron chi connectivity index (χ0n) is 9.11. The zero-order valence-corrected chi connectivity index (χ0v) is 9.11. The van der Waals surface area contributed by atoms with Crippen LogP contribution < -0.4 is 0 Å². The molecule has 0 radical (unpaired) electrons. The minimum Gasteiger partial charge on any atom is -0.392 e. The predicted molar refractivity (Wildman–Crippen MR) is 56.1 cm³/mol. The summed E-state index contributed by atoms with van der Waals surface area (Å²) in [6.07, 6.45) is 7.43. The lowest BCUT2D eigenvalue weighted by Gasteiger charge is -2.27. The van der Waals surface area contributed by atoms with Crippen LogP contribution >= 0.6 is 0 Å². The van der Waals surface area contributed by atoms with E-state index in [9.17, 15) is 5.11 Å². The average molecular weight is 198 g/mol. The van der Waals surface area contributed by atoms with Gasteiger partial charge in [-0.25, -0.2) is 0 Å². The van der Waals surface area contributed by atoms with Crippen LogP contribution in [0.1, 0.15) is 45.4 Å². The lowest BCUT2D eigenvalue weighted by atomic mass is 9.85. The summed E-state index contributed by atoms with van der Waals surface area (Å²) in [5.74, 6) is 0.985. The molecule has 14 heavy (non-hydrogen) atoms. The molecule has 0 aromatic heterocycles. The van der Waals surface area contributed by atoms with Crippen molar-refractivity contribution in [3.05, 3.63) is 0 Å². The lowest BCUT2D eigenvalue weighted by molar-refractivity contribution is 0.00349. The highest BCUT2D eigenvalue weighted by Gasteiger charge is 2.37. The van der Waals surface area contributed by atoms with Crippen LogP contribution in [0.2, 0.25) is 0 Å². The fraction of sp³-hybridized carbons (Fsp3) is 1.00. The Morgan fingerprint density at radius 3 is 2.64 bits per heavy atom. The normalized spacial score (nSPS) is 36.4. The number of rotatable bonds is 3. The molecular formula is C12H22O2. The van der Waals surface area contributed by atoms with Gasteiger partial charge in [0.1, 0.15) is 0 Å². The maximum Gasteiger partial charge on any atom is 0.0626 e. The van der Waals surface area contributed by atoms with E-state index >= 15 is 0 Å². The Morgan fingerprint density at radius 1 is 1.29 bits per heavy atom. The molecule has 0 spiro atoms. The van der Waals surface area contributed by atoms with Gasteiger partial charge in [0.25, 0.3) is 0 Å². The Morgan fingerprint density at radius 2 is 2.00 bits per heavy atom. The summed E-state index contributed by atoms with van der Waals surface area (Å²) in [6.45, 7) is 3.01. The second-order valence-electron chi connectivity index (χ2n) is 4.81. The molecule has 3 unspecified atom stereocenters. The SMILES string of the molecule is CCC1OCCC1C(O)C1CCCC1. The lowest BCUT2D eigenvalue weighted by Crippen LogP contribution is -2.33. The van der Waals surface area contributed by atoms with Crippen molar-refractivity contribution in [3.63, 3.8) is 0 Å². The molecule has 1 N–H and O–H groups in total. The zero-order chi connectivity index (χ0) is 9.97. The van der Waals surface area contributed by atoms with E-state index in [4.69, 9.17) is 4.74 Å². The number of ether oxygens (including phenoxy) is 1. The molecule has 2 fully saturated rings. The first-order valence-corrected chi connectivity index (χ1v) is 6.12. The van der Waals surface area contributed by atoms with E-state index in [1.807, 2.05) is 0 Å². The van der Waals surface area contributed by atoms with Gasteiger partial charge < -0.3 is 9.84 Å². The molecule has 0 aromatic carbocycles. The van der Waals surface area contributed by atoms with Gasteiger partial charge in [-0.2, -0.15) is 0 Å². The van der Waals surface area contributed by atoms with Crippen molar-refractivity contribution in [2.75, 3.05) is 6.61 Å². The second kappa shape index (κ2) is 4.63. The first-order chi connectivity index (χ1) is 6.83. The average Bonchev–Trinajstić information content (AvgIpc) is 2.87. The van der Waals surface area contributed by atoms with Gasteiger partial charge in [0.05, 0.1) is 12.2 Å². The fourth-order valence-corrected chi connectivity index (χ4v) is 3.12. The van der Waals surface area contributed by atoms with E-state index in [-0.39, 0.29) is 6.10 Å². The number of hydrogen-bond acceptors (Lipinski definition) is 2. The quantitative estimate of drug-likeness (QED) is 0.754. The van der Waals surface area contributed by atoms with Gasteiger partial charge in [0.15, 0.2) is 0 Å². The van der Waals surface area contributed by atoms with Gasteiger partial charge in [0.2, 0.25) is 0 Å². The monoisotopic (exact) mass is 198 g/mol. The van der Waals surface area contributed by atoms with Gasteiger partial charge in [-0.15, -0.1) is 0 Å². The number of aliphatic hydroxyl groups excluding tert-OH is 1. The van der Waals surface area contributed by atoms with Crippen molar-refractivity contribution >= 4 is 0 Å². The predicted octanol–water partition coefficient (Wildman–Crippen LogP) is 2.35. The van der Waals surface area contributed by atoms with Crippen LogP contribution in [0.3, 0.4) is 0 Å². The summed E-state index contributed by atoms with van der Waals surface area (Å²) in [6, 6.07) is 0. The van der Waals surface area contributed by atoms with Crippen molar-refractivity contribution in [1.29, 1.82) is 0 Å². The maximum absolute atomic E-state index is 10.3. The Labute approximate surface area is 86.6 Å². The van der Waals surface area contributed by atoms with Crippen molar-refractivity contribution in [3.8, 4) is 0 Å².